The Morgan fingerprint density at radius 1 is 1.62 bits per heavy atom. The average molecular weight is 307 g/mol. The first-order chi connectivity index (χ1) is 7.56. The van der Waals surface area contributed by atoms with E-state index in [1.807, 2.05) is 11.9 Å². The molecule has 1 aliphatic rings. The van der Waals surface area contributed by atoms with Gasteiger partial charge in [0.1, 0.15) is 5.82 Å². The lowest BCUT2D eigenvalue weighted by Gasteiger charge is -2.34. The van der Waals surface area contributed by atoms with Crippen LogP contribution in [0.2, 0.25) is 5.28 Å². The van der Waals surface area contributed by atoms with E-state index in [0.29, 0.717) is 5.92 Å². The lowest BCUT2D eigenvalue weighted by molar-refractivity contribution is 0.0464. The van der Waals surface area contributed by atoms with Crippen LogP contribution in [0.4, 0.5) is 5.82 Å². The second kappa shape index (κ2) is 4.85. The Hall–Kier alpha value is -0.390. The Bertz CT molecular complexity index is 384. The van der Waals surface area contributed by atoms with E-state index in [1.54, 1.807) is 6.20 Å². The van der Waals surface area contributed by atoms with E-state index in [4.69, 9.17) is 11.6 Å². The molecule has 16 heavy (non-hydrogen) atoms. The van der Waals surface area contributed by atoms with Crippen LogP contribution in [0, 0.1) is 5.92 Å². The van der Waals surface area contributed by atoms with Gasteiger partial charge in [0.05, 0.1) is 10.6 Å². The number of aliphatic hydroxyl groups excluding tert-OH is 1. The molecule has 0 saturated heterocycles. The Morgan fingerprint density at radius 3 is 2.94 bits per heavy atom. The van der Waals surface area contributed by atoms with E-state index in [9.17, 15) is 5.11 Å². The van der Waals surface area contributed by atoms with Crippen molar-refractivity contribution in [3.63, 3.8) is 0 Å². The summed E-state index contributed by atoms with van der Waals surface area (Å²) in [7, 11) is 1.97. The lowest BCUT2D eigenvalue weighted by atomic mass is 9.82. The average Bonchev–Trinajstić information content (AvgIpc) is 2.19. The van der Waals surface area contributed by atoms with Gasteiger partial charge in [-0.25, -0.2) is 4.98 Å². The molecular formula is C10H13BrClN3O. The largest absolute Gasteiger partial charge is 0.393 e. The fourth-order valence-corrected chi connectivity index (χ4v) is 2.55. The number of aliphatic hydroxyl groups is 1. The van der Waals surface area contributed by atoms with Crippen molar-refractivity contribution in [2.24, 2.45) is 5.92 Å². The fraction of sp³-hybridized carbons (Fsp3) is 0.600. The molecule has 1 aromatic rings. The number of hydrogen-bond donors (Lipinski definition) is 1. The van der Waals surface area contributed by atoms with Crippen molar-refractivity contribution >= 4 is 33.3 Å². The van der Waals surface area contributed by atoms with Crippen molar-refractivity contribution in [3.05, 3.63) is 16.0 Å². The molecule has 1 heterocycles. The molecule has 0 unspecified atom stereocenters. The fourth-order valence-electron chi connectivity index (χ4n) is 1.93. The Kier molecular flexibility index (Phi) is 3.66. The zero-order valence-electron chi connectivity index (χ0n) is 8.90. The second-order valence-corrected chi connectivity index (χ2v) is 5.37. The minimum Gasteiger partial charge on any atom is -0.393 e. The van der Waals surface area contributed by atoms with Crippen LogP contribution in [0.25, 0.3) is 0 Å². The molecular weight excluding hydrogens is 293 g/mol. The van der Waals surface area contributed by atoms with Crippen LogP contribution in [0.3, 0.4) is 0 Å². The van der Waals surface area contributed by atoms with Crippen LogP contribution in [0.1, 0.15) is 12.8 Å². The molecule has 0 amide bonds. The Morgan fingerprint density at radius 2 is 2.31 bits per heavy atom. The molecule has 2 rings (SSSR count). The van der Waals surface area contributed by atoms with E-state index < -0.39 is 0 Å². The van der Waals surface area contributed by atoms with Gasteiger partial charge in [-0.15, -0.1) is 0 Å². The summed E-state index contributed by atoms with van der Waals surface area (Å²) in [6.45, 7) is 0.878. The van der Waals surface area contributed by atoms with E-state index in [0.717, 1.165) is 29.7 Å². The van der Waals surface area contributed by atoms with E-state index in [2.05, 4.69) is 25.9 Å². The van der Waals surface area contributed by atoms with Gasteiger partial charge >= 0.3 is 0 Å². The highest BCUT2D eigenvalue weighted by Gasteiger charge is 2.28. The summed E-state index contributed by atoms with van der Waals surface area (Å²) < 4.78 is 0.833. The molecule has 0 aromatic carbocycles. The summed E-state index contributed by atoms with van der Waals surface area (Å²) >= 11 is 9.16. The van der Waals surface area contributed by atoms with Crippen LogP contribution in [0.5, 0.6) is 0 Å². The molecule has 0 spiro atoms. The number of halogens is 2. The minimum atomic E-state index is -0.115. The van der Waals surface area contributed by atoms with Gasteiger partial charge in [-0.2, -0.15) is 4.98 Å². The van der Waals surface area contributed by atoms with Crippen molar-refractivity contribution in [1.29, 1.82) is 0 Å². The molecule has 1 aliphatic carbocycles. The molecule has 0 aliphatic heterocycles. The van der Waals surface area contributed by atoms with Gasteiger partial charge in [0.15, 0.2) is 0 Å². The van der Waals surface area contributed by atoms with Crippen molar-refractivity contribution in [2.75, 3.05) is 18.5 Å². The van der Waals surface area contributed by atoms with Crippen molar-refractivity contribution in [2.45, 2.75) is 18.9 Å². The summed E-state index contributed by atoms with van der Waals surface area (Å²) in [6, 6.07) is 0. The normalized spacial score (nSPS) is 24.0. The Labute approximate surface area is 108 Å². The first-order valence-corrected chi connectivity index (χ1v) is 6.30. The quantitative estimate of drug-likeness (QED) is 0.869. The van der Waals surface area contributed by atoms with Gasteiger partial charge in [0, 0.05) is 19.8 Å². The second-order valence-electron chi connectivity index (χ2n) is 4.18. The maximum Gasteiger partial charge on any atom is 0.224 e. The predicted molar refractivity (Wildman–Crippen MR) is 66.7 cm³/mol. The van der Waals surface area contributed by atoms with Crippen LogP contribution in [-0.2, 0) is 0 Å². The molecule has 1 saturated carbocycles. The number of anilines is 1. The van der Waals surface area contributed by atoms with Gasteiger partial charge < -0.3 is 10.0 Å². The third-order valence-corrected chi connectivity index (χ3v) is 3.54. The highest BCUT2D eigenvalue weighted by atomic mass is 79.9. The van der Waals surface area contributed by atoms with E-state index >= 15 is 0 Å². The summed E-state index contributed by atoms with van der Waals surface area (Å²) in [6.07, 6.45) is 3.29. The first-order valence-electron chi connectivity index (χ1n) is 5.13. The highest BCUT2D eigenvalue weighted by Crippen LogP contribution is 2.30. The number of rotatable bonds is 3. The third-order valence-electron chi connectivity index (χ3n) is 2.80. The molecule has 1 N–H and O–H groups in total. The summed E-state index contributed by atoms with van der Waals surface area (Å²) in [5.74, 6) is 1.34. The van der Waals surface area contributed by atoms with Crippen LogP contribution < -0.4 is 4.90 Å². The van der Waals surface area contributed by atoms with Crippen molar-refractivity contribution in [3.8, 4) is 0 Å². The zero-order chi connectivity index (χ0) is 11.7. The lowest BCUT2D eigenvalue weighted by Crippen LogP contribution is -2.37. The molecule has 1 fully saturated rings. The SMILES string of the molecule is CN(CC1CC(O)C1)c1nc(Cl)ncc1Br. The molecule has 6 heteroatoms. The number of aromatic nitrogens is 2. The summed E-state index contributed by atoms with van der Waals surface area (Å²) in [5, 5.41) is 9.47. The Balaban J connectivity index is 2.02. The maximum atomic E-state index is 9.23. The molecule has 0 radical (unpaired) electrons. The van der Waals surface area contributed by atoms with Gasteiger partial charge in [-0.05, 0) is 46.3 Å². The number of nitrogens with zero attached hydrogens (tertiary/aromatic N) is 3. The highest BCUT2D eigenvalue weighted by molar-refractivity contribution is 9.10. The smallest absolute Gasteiger partial charge is 0.224 e. The molecule has 1 aromatic heterocycles. The standard InChI is InChI=1S/C10H13BrClN3O/c1-15(5-6-2-7(16)3-6)9-8(11)4-13-10(12)14-9/h4,6-7,16H,2-3,5H2,1H3. The van der Waals surface area contributed by atoms with E-state index in [1.165, 1.54) is 0 Å². The predicted octanol–water partition coefficient (Wildman–Crippen LogP) is 2.10. The summed E-state index contributed by atoms with van der Waals surface area (Å²) in [5.41, 5.74) is 0. The summed E-state index contributed by atoms with van der Waals surface area (Å²) in [4.78, 5) is 10.1. The van der Waals surface area contributed by atoms with Crippen LogP contribution in [-0.4, -0.2) is 34.8 Å². The monoisotopic (exact) mass is 305 g/mol. The maximum absolute atomic E-state index is 9.23. The molecule has 4 nitrogen and oxygen atoms in total. The topological polar surface area (TPSA) is 49.2 Å². The molecule has 0 bridgehead atoms. The minimum absolute atomic E-state index is 0.115. The number of hydrogen-bond acceptors (Lipinski definition) is 4. The molecule has 0 atom stereocenters. The zero-order valence-corrected chi connectivity index (χ0v) is 11.2. The van der Waals surface area contributed by atoms with Crippen LogP contribution in [0.15, 0.2) is 10.7 Å². The van der Waals surface area contributed by atoms with Gasteiger partial charge in [0.25, 0.3) is 0 Å². The van der Waals surface area contributed by atoms with Crippen molar-refractivity contribution in [1.82, 2.24) is 9.97 Å². The van der Waals surface area contributed by atoms with Gasteiger partial charge in [-0.3, -0.25) is 0 Å². The van der Waals surface area contributed by atoms with Gasteiger partial charge in [0.2, 0.25) is 5.28 Å². The third kappa shape index (κ3) is 2.64. The van der Waals surface area contributed by atoms with Gasteiger partial charge in [-0.1, -0.05) is 0 Å². The van der Waals surface area contributed by atoms with Crippen molar-refractivity contribution < 1.29 is 5.11 Å². The van der Waals surface area contributed by atoms with E-state index in [-0.39, 0.29) is 11.4 Å². The van der Waals surface area contributed by atoms with Crippen LogP contribution >= 0.6 is 27.5 Å². The molecule has 88 valence electrons. The first kappa shape index (κ1) is 12.1.